The second-order valence-corrected chi connectivity index (χ2v) is 6.74. The number of pyridine rings is 1. The van der Waals surface area contributed by atoms with Crippen LogP contribution in [0.5, 0.6) is 0 Å². The van der Waals surface area contributed by atoms with Gasteiger partial charge in [-0.25, -0.2) is 0 Å². The molecule has 0 spiro atoms. The average molecular weight is 394 g/mol. The van der Waals surface area contributed by atoms with Gasteiger partial charge in [-0.15, -0.1) is 0 Å². The van der Waals surface area contributed by atoms with Gasteiger partial charge >= 0.3 is 0 Å². The van der Waals surface area contributed by atoms with Gasteiger partial charge in [-0.1, -0.05) is 35.9 Å². The van der Waals surface area contributed by atoms with Crippen LogP contribution in [0.3, 0.4) is 0 Å². The van der Waals surface area contributed by atoms with Crippen LogP contribution < -0.4 is 10.6 Å². The number of carbonyl (C=O) groups excluding carboxylic acids is 2. The van der Waals surface area contributed by atoms with Gasteiger partial charge < -0.3 is 15.7 Å². The summed E-state index contributed by atoms with van der Waals surface area (Å²) >= 11 is 6.00. The Morgan fingerprint density at radius 3 is 2.50 bits per heavy atom. The topological polar surface area (TPSA) is 91.3 Å². The first-order valence-corrected chi connectivity index (χ1v) is 9.08. The summed E-state index contributed by atoms with van der Waals surface area (Å²) in [5.74, 6) is -1.56. The van der Waals surface area contributed by atoms with E-state index in [4.69, 9.17) is 11.6 Å². The number of carbonyl (C=O) groups is 2. The van der Waals surface area contributed by atoms with Gasteiger partial charge in [0.05, 0.1) is 5.52 Å². The normalized spacial score (nSPS) is 13.6. The summed E-state index contributed by atoms with van der Waals surface area (Å²) in [7, 11) is 0. The van der Waals surface area contributed by atoms with Gasteiger partial charge in [-0.2, -0.15) is 0 Å². The first-order valence-electron chi connectivity index (χ1n) is 8.70. The number of halogens is 1. The number of aromatic nitrogens is 1. The summed E-state index contributed by atoms with van der Waals surface area (Å²) in [4.78, 5) is 28.8. The van der Waals surface area contributed by atoms with Crippen LogP contribution in [0.15, 0.2) is 60.4 Å². The summed E-state index contributed by atoms with van der Waals surface area (Å²) < 4.78 is 0. The molecule has 0 unspecified atom stereocenters. The van der Waals surface area contributed by atoms with Gasteiger partial charge in [0.1, 0.15) is 5.70 Å². The molecule has 4 rings (SSSR count). The van der Waals surface area contributed by atoms with E-state index in [1.165, 1.54) is 6.07 Å². The van der Waals surface area contributed by atoms with E-state index in [2.05, 4.69) is 15.6 Å². The quantitative estimate of drug-likeness (QED) is 0.453. The smallest absolute Gasteiger partial charge is 0.253 e. The molecule has 140 valence electrons. The Hall–Kier alpha value is -3.38. The molecule has 3 aromatic rings. The highest BCUT2D eigenvalue weighted by Crippen LogP contribution is 2.26. The van der Waals surface area contributed by atoms with Crippen molar-refractivity contribution in [1.29, 1.82) is 0 Å². The molecule has 3 N–H and O–H groups in total. The Bertz CT molecular complexity index is 1140. The zero-order valence-electron chi connectivity index (χ0n) is 14.7. The highest BCUT2D eigenvalue weighted by Gasteiger charge is 2.32. The van der Waals surface area contributed by atoms with Crippen LogP contribution in [-0.2, 0) is 4.79 Å². The van der Waals surface area contributed by atoms with Crippen LogP contribution >= 0.6 is 11.6 Å². The van der Waals surface area contributed by atoms with E-state index in [1.807, 2.05) is 12.1 Å². The molecule has 2 aromatic carbocycles. The van der Waals surface area contributed by atoms with Crippen molar-refractivity contribution in [2.24, 2.45) is 0 Å². The predicted molar refractivity (Wildman–Crippen MR) is 109 cm³/mol. The number of anilines is 1. The second kappa shape index (κ2) is 7.32. The van der Waals surface area contributed by atoms with Gasteiger partial charge in [-0.05, 0) is 24.3 Å². The number of nitrogens with zero attached hydrogens (tertiary/aromatic N) is 1. The van der Waals surface area contributed by atoms with Crippen molar-refractivity contribution in [3.8, 4) is 0 Å². The molecule has 1 heterocycles. The van der Waals surface area contributed by atoms with Gasteiger partial charge in [0, 0.05) is 46.5 Å². The number of ketones is 2. The minimum atomic E-state index is -0.736. The lowest BCUT2D eigenvalue weighted by atomic mass is 9.91. The van der Waals surface area contributed by atoms with E-state index < -0.39 is 11.6 Å². The fourth-order valence-electron chi connectivity index (χ4n) is 3.19. The standard InChI is InChI=1S/C21H16ClN3O3/c22-12-5-6-15-16(7-8-23-17(15)11-12)24-9-10-25-18-19(26)13-3-1-2-4-14(13)20(27)21(18)28/h1-8,11,25-26H,9-10H2,(H,23,24). The number of aliphatic hydroxyl groups is 1. The number of allylic oxidation sites excluding steroid dienone is 1. The van der Waals surface area contributed by atoms with E-state index in [1.54, 1.807) is 36.5 Å². The van der Waals surface area contributed by atoms with E-state index in [-0.39, 0.29) is 17.0 Å². The highest BCUT2D eigenvalue weighted by molar-refractivity contribution is 6.52. The molecule has 0 aliphatic heterocycles. The second-order valence-electron chi connectivity index (χ2n) is 6.30. The number of benzene rings is 2. The highest BCUT2D eigenvalue weighted by atomic mass is 35.5. The molecule has 1 aromatic heterocycles. The van der Waals surface area contributed by atoms with Crippen molar-refractivity contribution in [3.05, 3.63) is 76.6 Å². The van der Waals surface area contributed by atoms with Crippen molar-refractivity contribution >= 4 is 45.5 Å². The van der Waals surface area contributed by atoms with Crippen molar-refractivity contribution < 1.29 is 14.7 Å². The van der Waals surface area contributed by atoms with E-state index in [0.29, 0.717) is 23.7 Å². The fraction of sp³-hybridized carbons (Fsp3) is 0.0952. The number of aliphatic hydroxyl groups excluding tert-OH is 1. The van der Waals surface area contributed by atoms with Gasteiger partial charge in [0.25, 0.3) is 5.78 Å². The fourth-order valence-corrected chi connectivity index (χ4v) is 3.36. The molecule has 0 saturated heterocycles. The van der Waals surface area contributed by atoms with Crippen LogP contribution in [0.4, 0.5) is 5.69 Å². The summed E-state index contributed by atoms with van der Waals surface area (Å²) in [6.07, 6.45) is 1.68. The molecule has 1 aliphatic carbocycles. The Balaban J connectivity index is 1.47. The van der Waals surface area contributed by atoms with E-state index >= 15 is 0 Å². The van der Waals surface area contributed by atoms with Crippen LogP contribution in [0.1, 0.15) is 15.9 Å². The molecular formula is C21H16ClN3O3. The van der Waals surface area contributed by atoms with Gasteiger partial charge in [-0.3, -0.25) is 14.6 Å². The maximum atomic E-state index is 12.3. The molecule has 0 atom stereocenters. The van der Waals surface area contributed by atoms with E-state index in [9.17, 15) is 14.7 Å². The van der Waals surface area contributed by atoms with Gasteiger partial charge in [0.2, 0.25) is 5.78 Å². The van der Waals surface area contributed by atoms with E-state index in [0.717, 1.165) is 16.6 Å². The number of rotatable bonds is 5. The molecule has 0 amide bonds. The molecule has 0 bridgehead atoms. The molecule has 28 heavy (non-hydrogen) atoms. The van der Waals surface area contributed by atoms with Crippen molar-refractivity contribution in [3.63, 3.8) is 0 Å². The zero-order chi connectivity index (χ0) is 19.7. The SMILES string of the molecule is O=C1C(=O)c2ccccc2C(O)=C1NCCNc1ccnc2cc(Cl)ccc12. The third-order valence-corrected chi connectivity index (χ3v) is 4.78. The molecule has 0 radical (unpaired) electrons. The Morgan fingerprint density at radius 1 is 0.929 bits per heavy atom. The van der Waals surface area contributed by atoms with Crippen LogP contribution in [0.25, 0.3) is 16.7 Å². The van der Waals surface area contributed by atoms with Gasteiger partial charge in [0.15, 0.2) is 5.76 Å². The van der Waals surface area contributed by atoms with Crippen LogP contribution in [0.2, 0.25) is 5.02 Å². The number of hydrogen-bond acceptors (Lipinski definition) is 6. The molecular weight excluding hydrogens is 378 g/mol. The molecule has 7 heteroatoms. The molecule has 0 fully saturated rings. The largest absolute Gasteiger partial charge is 0.505 e. The molecule has 1 aliphatic rings. The summed E-state index contributed by atoms with van der Waals surface area (Å²) in [6.45, 7) is 0.791. The van der Waals surface area contributed by atoms with Crippen molar-refractivity contribution in [2.45, 2.75) is 0 Å². The molecule has 6 nitrogen and oxygen atoms in total. The minimum absolute atomic E-state index is 0.0723. The molecule has 0 saturated carbocycles. The Morgan fingerprint density at radius 2 is 1.68 bits per heavy atom. The first kappa shape index (κ1) is 18.0. The maximum absolute atomic E-state index is 12.3. The summed E-state index contributed by atoms with van der Waals surface area (Å²) in [6, 6.07) is 13.8. The minimum Gasteiger partial charge on any atom is -0.505 e. The van der Waals surface area contributed by atoms with Crippen molar-refractivity contribution in [1.82, 2.24) is 10.3 Å². The third-order valence-electron chi connectivity index (χ3n) is 4.54. The summed E-state index contributed by atoms with van der Waals surface area (Å²) in [5, 5.41) is 18.1. The van der Waals surface area contributed by atoms with Crippen LogP contribution in [0, 0.1) is 0 Å². The predicted octanol–water partition coefficient (Wildman–Crippen LogP) is 3.58. The van der Waals surface area contributed by atoms with Crippen LogP contribution in [-0.4, -0.2) is 34.7 Å². The average Bonchev–Trinajstić information content (AvgIpc) is 2.71. The first-order chi connectivity index (χ1) is 13.6. The number of nitrogens with one attached hydrogen (secondary N) is 2. The Labute approximate surface area is 165 Å². The number of Topliss-reactive ketones (excluding diaryl/α,β-unsaturated/α-hetero) is 2. The lowest BCUT2D eigenvalue weighted by Gasteiger charge is -2.19. The Kier molecular flexibility index (Phi) is 4.71. The summed E-state index contributed by atoms with van der Waals surface area (Å²) in [5.41, 5.74) is 2.15. The third kappa shape index (κ3) is 3.18. The number of fused-ring (bicyclic) bond motifs is 2. The lowest BCUT2D eigenvalue weighted by molar-refractivity contribution is -0.112. The monoisotopic (exact) mass is 393 g/mol. The maximum Gasteiger partial charge on any atom is 0.253 e. The van der Waals surface area contributed by atoms with Crippen molar-refractivity contribution in [2.75, 3.05) is 18.4 Å². The number of hydrogen-bond donors (Lipinski definition) is 3. The lowest BCUT2D eigenvalue weighted by Crippen LogP contribution is -2.34. The zero-order valence-corrected chi connectivity index (χ0v) is 15.5.